The number of anilines is 1. The lowest BCUT2D eigenvalue weighted by atomic mass is 10.1. The van der Waals surface area contributed by atoms with Crippen LogP contribution >= 0.6 is 11.8 Å². The van der Waals surface area contributed by atoms with Gasteiger partial charge in [-0.2, -0.15) is 9.61 Å². The Morgan fingerprint density at radius 1 is 1.12 bits per heavy atom. The minimum absolute atomic E-state index is 0.0132. The zero-order valence-electron chi connectivity index (χ0n) is 17.9. The Morgan fingerprint density at radius 2 is 1.94 bits per heavy atom. The van der Waals surface area contributed by atoms with Gasteiger partial charge >= 0.3 is 5.97 Å². The Hall–Kier alpha value is -4.32. The van der Waals surface area contributed by atoms with Crippen molar-refractivity contribution in [2.24, 2.45) is 0 Å². The van der Waals surface area contributed by atoms with E-state index < -0.39 is 10.9 Å². The molecule has 0 spiro atoms. The van der Waals surface area contributed by atoms with Crippen LogP contribution in [0.1, 0.15) is 17.3 Å². The minimum Gasteiger partial charge on any atom is -0.462 e. The third-order valence-corrected chi connectivity index (χ3v) is 5.54. The number of non-ortho nitro benzene ring substituents is 1. The van der Waals surface area contributed by atoms with Crippen LogP contribution in [0.25, 0.3) is 16.9 Å². The summed E-state index contributed by atoms with van der Waals surface area (Å²) in [5, 5.41) is 26.8. The SMILES string of the molecule is CCOC(=O)c1ccccc1NC(=O)CSc1nnc2ccc(-c3cccc([N+](=O)[O-])c3)nn12. The van der Waals surface area contributed by atoms with E-state index in [9.17, 15) is 19.7 Å². The number of esters is 1. The molecule has 2 aromatic heterocycles. The van der Waals surface area contributed by atoms with Crippen molar-refractivity contribution >= 4 is 40.7 Å². The van der Waals surface area contributed by atoms with Crippen molar-refractivity contribution < 1.29 is 19.2 Å². The topological polar surface area (TPSA) is 142 Å². The quantitative estimate of drug-likeness (QED) is 0.174. The highest BCUT2D eigenvalue weighted by Gasteiger charge is 2.16. The highest BCUT2D eigenvalue weighted by Crippen LogP contribution is 2.24. The second-order valence-electron chi connectivity index (χ2n) is 6.88. The molecule has 0 saturated heterocycles. The number of nitro groups is 1. The fourth-order valence-electron chi connectivity index (χ4n) is 3.09. The number of hydrogen-bond donors (Lipinski definition) is 1. The summed E-state index contributed by atoms with van der Waals surface area (Å²) in [6, 6.07) is 16.1. The van der Waals surface area contributed by atoms with Crippen LogP contribution in [-0.2, 0) is 9.53 Å². The van der Waals surface area contributed by atoms with E-state index in [0.29, 0.717) is 27.7 Å². The average Bonchev–Trinajstić information content (AvgIpc) is 3.25. The van der Waals surface area contributed by atoms with E-state index in [1.807, 2.05) is 0 Å². The maximum Gasteiger partial charge on any atom is 0.340 e. The summed E-state index contributed by atoms with van der Waals surface area (Å²) in [4.78, 5) is 35.2. The predicted molar refractivity (Wildman–Crippen MR) is 125 cm³/mol. The standard InChI is InChI=1S/C22H18N6O5S/c1-2-33-21(30)16-8-3-4-9-18(16)23-20(29)13-34-22-25-24-19-11-10-17(26-27(19)22)14-6-5-7-15(12-14)28(31)32/h3-12H,2,13H2,1H3,(H,23,29). The van der Waals surface area contributed by atoms with Gasteiger partial charge in [-0.05, 0) is 31.2 Å². The summed E-state index contributed by atoms with van der Waals surface area (Å²) < 4.78 is 6.49. The number of carbonyl (C=O) groups excluding carboxylic acids is 2. The van der Waals surface area contributed by atoms with Gasteiger partial charge in [0.1, 0.15) is 0 Å². The molecule has 0 aliphatic heterocycles. The Labute approximate surface area is 197 Å². The number of nitro benzene ring substituents is 1. The van der Waals surface area contributed by atoms with Gasteiger partial charge in [-0.3, -0.25) is 14.9 Å². The summed E-state index contributed by atoms with van der Waals surface area (Å²) in [5.41, 5.74) is 2.09. The van der Waals surface area contributed by atoms with E-state index in [2.05, 4.69) is 20.6 Å². The lowest BCUT2D eigenvalue weighted by Crippen LogP contribution is -2.17. The smallest absolute Gasteiger partial charge is 0.340 e. The van der Waals surface area contributed by atoms with E-state index in [1.54, 1.807) is 55.5 Å². The summed E-state index contributed by atoms with van der Waals surface area (Å²) in [6.07, 6.45) is 0. The Bertz CT molecular complexity index is 1390. The van der Waals surface area contributed by atoms with Crippen molar-refractivity contribution in [2.45, 2.75) is 12.1 Å². The molecule has 0 aliphatic rings. The first kappa shape index (κ1) is 22.9. The van der Waals surface area contributed by atoms with E-state index in [4.69, 9.17) is 4.74 Å². The number of rotatable bonds is 8. The molecule has 0 aliphatic carbocycles. The summed E-state index contributed by atoms with van der Waals surface area (Å²) in [6.45, 7) is 1.93. The van der Waals surface area contributed by atoms with Crippen LogP contribution in [0, 0.1) is 10.1 Å². The minimum atomic E-state index is -0.521. The number of amides is 1. The number of nitrogens with zero attached hydrogens (tertiary/aromatic N) is 5. The van der Waals surface area contributed by atoms with Gasteiger partial charge in [-0.1, -0.05) is 36.0 Å². The number of ether oxygens (including phenoxy) is 1. The molecule has 11 nitrogen and oxygen atoms in total. The molecule has 0 unspecified atom stereocenters. The van der Waals surface area contributed by atoms with E-state index >= 15 is 0 Å². The highest BCUT2D eigenvalue weighted by molar-refractivity contribution is 7.99. The molecule has 0 radical (unpaired) electrons. The zero-order chi connectivity index (χ0) is 24.1. The molecule has 34 heavy (non-hydrogen) atoms. The molecule has 0 atom stereocenters. The summed E-state index contributed by atoms with van der Waals surface area (Å²) in [5.74, 6) is -0.888. The van der Waals surface area contributed by atoms with Gasteiger partial charge in [-0.25, -0.2) is 4.79 Å². The van der Waals surface area contributed by atoms with Gasteiger partial charge in [0.05, 0.1) is 34.2 Å². The number of benzene rings is 2. The molecule has 172 valence electrons. The molecular weight excluding hydrogens is 460 g/mol. The number of carbonyl (C=O) groups is 2. The zero-order valence-corrected chi connectivity index (χ0v) is 18.7. The van der Waals surface area contributed by atoms with E-state index in [-0.39, 0.29) is 29.5 Å². The van der Waals surface area contributed by atoms with Crippen molar-refractivity contribution in [2.75, 3.05) is 17.7 Å². The first-order chi connectivity index (χ1) is 16.5. The van der Waals surface area contributed by atoms with Gasteiger partial charge in [0, 0.05) is 17.7 Å². The Balaban J connectivity index is 1.50. The molecule has 2 heterocycles. The average molecular weight is 478 g/mol. The molecule has 0 saturated carbocycles. The normalized spacial score (nSPS) is 10.7. The number of nitrogens with one attached hydrogen (secondary N) is 1. The first-order valence-electron chi connectivity index (χ1n) is 10.1. The summed E-state index contributed by atoms with van der Waals surface area (Å²) in [7, 11) is 0. The van der Waals surface area contributed by atoms with Crippen LogP contribution in [0.2, 0.25) is 0 Å². The van der Waals surface area contributed by atoms with E-state index in [1.165, 1.54) is 16.6 Å². The second kappa shape index (κ2) is 10.1. The fraction of sp³-hybridized carbons (Fsp3) is 0.136. The first-order valence-corrected chi connectivity index (χ1v) is 11.1. The molecule has 4 rings (SSSR count). The molecule has 1 N–H and O–H groups in total. The Kier molecular flexibility index (Phi) is 6.78. The summed E-state index contributed by atoms with van der Waals surface area (Å²) >= 11 is 1.11. The van der Waals surface area contributed by atoms with Crippen LogP contribution in [0.3, 0.4) is 0 Å². The highest BCUT2D eigenvalue weighted by atomic mass is 32.2. The molecule has 4 aromatic rings. The van der Waals surface area contributed by atoms with Crippen LogP contribution in [0.4, 0.5) is 11.4 Å². The van der Waals surface area contributed by atoms with E-state index in [0.717, 1.165) is 11.8 Å². The third-order valence-electron chi connectivity index (χ3n) is 4.62. The lowest BCUT2D eigenvalue weighted by molar-refractivity contribution is -0.384. The van der Waals surface area contributed by atoms with Crippen molar-refractivity contribution in [3.8, 4) is 11.3 Å². The van der Waals surface area contributed by atoms with Crippen molar-refractivity contribution in [1.82, 2.24) is 19.8 Å². The lowest BCUT2D eigenvalue weighted by Gasteiger charge is -2.10. The Morgan fingerprint density at radius 3 is 2.74 bits per heavy atom. The monoisotopic (exact) mass is 478 g/mol. The molecular formula is C22H18N6O5S. The predicted octanol–water partition coefficient (Wildman–Crippen LogP) is 3.61. The van der Waals surface area contributed by atoms with Gasteiger partial charge < -0.3 is 10.1 Å². The third kappa shape index (κ3) is 5.02. The fourth-order valence-corrected chi connectivity index (χ4v) is 3.77. The van der Waals surface area contributed by atoms with Crippen LogP contribution in [-0.4, -0.2) is 49.0 Å². The largest absolute Gasteiger partial charge is 0.462 e. The van der Waals surface area contributed by atoms with Gasteiger partial charge in [0.15, 0.2) is 5.65 Å². The molecule has 12 heteroatoms. The number of hydrogen-bond acceptors (Lipinski definition) is 9. The number of para-hydroxylation sites is 1. The van der Waals surface area contributed by atoms with Crippen LogP contribution in [0.5, 0.6) is 0 Å². The molecule has 0 fully saturated rings. The van der Waals surface area contributed by atoms with Crippen LogP contribution < -0.4 is 5.32 Å². The number of thioether (sulfide) groups is 1. The maximum absolute atomic E-state index is 12.5. The maximum atomic E-state index is 12.5. The van der Waals surface area contributed by atoms with Crippen molar-refractivity contribution in [3.63, 3.8) is 0 Å². The molecule has 1 amide bonds. The second-order valence-corrected chi connectivity index (χ2v) is 7.82. The van der Waals surface area contributed by atoms with Gasteiger partial charge in [0.25, 0.3) is 5.69 Å². The van der Waals surface area contributed by atoms with Crippen LogP contribution in [0.15, 0.2) is 65.8 Å². The van der Waals surface area contributed by atoms with Crippen molar-refractivity contribution in [3.05, 3.63) is 76.3 Å². The molecule has 0 bridgehead atoms. The van der Waals surface area contributed by atoms with Gasteiger partial charge in [-0.15, -0.1) is 10.2 Å². The number of fused-ring (bicyclic) bond motifs is 1. The number of aromatic nitrogens is 4. The molecule has 2 aromatic carbocycles. The van der Waals surface area contributed by atoms with Crippen molar-refractivity contribution in [1.29, 1.82) is 0 Å². The van der Waals surface area contributed by atoms with Gasteiger partial charge in [0.2, 0.25) is 11.1 Å².